The lowest BCUT2D eigenvalue weighted by atomic mass is 10.0. The van der Waals surface area contributed by atoms with Gasteiger partial charge in [0.2, 0.25) is 0 Å². The van der Waals surface area contributed by atoms with Crippen LogP contribution in [-0.4, -0.2) is 18.2 Å². The van der Waals surface area contributed by atoms with Gasteiger partial charge >= 0.3 is 7.60 Å². The van der Waals surface area contributed by atoms with Crippen LogP contribution in [-0.2, 0) is 9.09 Å². The molecule has 0 saturated heterocycles. The van der Waals surface area contributed by atoms with E-state index >= 15 is 0 Å². The molecule has 1 N–H and O–H groups in total. The smallest absolute Gasteiger partial charge is 0.324 e. The van der Waals surface area contributed by atoms with Gasteiger partial charge in [0.15, 0.2) is 0 Å². The van der Waals surface area contributed by atoms with Gasteiger partial charge < -0.3 is 9.42 Å². The highest BCUT2D eigenvalue weighted by molar-refractivity contribution is 7.52. The van der Waals surface area contributed by atoms with Crippen molar-refractivity contribution in [2.75, 3.05) is 13.3 Å². The first-order valence-corrected chi connectivity index (χ1v) is 10.8. The first-order valence-electron chi connectivity index (χ1n) is 9.00. The monoisotopic (exact) mass is 320 g/mol. The molecule has 128 valence electrons. The number of hydrogen-bond donors (Lipinski definition) is 1. The third kappa shape index (κ3) is 16.3. The molecular weight excluding hydrogens is 283 g/mol. The van der Waals surface area contributed by atoms with Crippen LogP contribution >= 0.6 is 7.60 Å². The van der Waals surface area contributed by atoms with Gasteiger partial charge in [-0.2, -0.15) is 0 Å². The van der Waals surface area contributed by atoms with Gasteiger partial charge in [-0.05, 0) is 6.42 Å². The Kier molecular flexibility index (Phi) is 15.2. The summed E-state index contributed by atoms with van der Waals surface area (Å²) >= 11 is 0. The molecule has 0 spiro atoms. The molecule has 0 aromatic rings. The summed E-state index contributed by atoms with van der Waals surface area (Å²) in [6, 6.07) is 0. The Balaban J connectivity index is 3.08. The average Bonchev–Trinajstić information content (AvgIpc) is 2.47. The third-order valence-corrected chi connectivity index (χ3v) is 5.53. The van der Waals surface area contributed by atoms with E-state index in [1.807, 2.05) is 0 Å². The molecule has 0 bridgehead atoms. The molecule has 0 heterocycles. The van der Waals surface area contributed by atoms with Crippen LogP contribution in [0.5, 0.6) is 0 Å². The molecule has 0 aliphatic rings. The van der Waals surface area contributed by atoms with Gasteiger partial charge in [0.05, 0.1) is 0 Å². The van der Waals surface area contributed by atoms with E-state index in [0.717, 1.165) is 12.8 Å². The molecule has 0 fully saturated rings. The van der Waals surface area contributed by atoms with E-state index < -0.39 is 7.60 Å². The van der Waals surface area contributed by atoms with Crippen molar-refractivity contribution in [2.45, 2.75) is 96.8 Å². The molecule has 1 atom stereocenters. The lowest BCUT2D eigenvalue weighted by Gasteiger charge is -2.07. The summed E-state index contributed by atoms with van der Waals surface area (Å²) in [5.74, 6) is 0. The van der Waals surface area contributed by atoms with Crippen molar-refractivity contribution in [3.63, 3.8) is 0 Å². The predicted molar refractivity (Wildman–Crippen MR) is 92.0 cm³/mol. The van der Waals surface area contributed by atoms with Crippen LogP contribution in [0.1, 0.15) is 96.8 Å². The van der Waals surface area contributed by atoms with Crippen molar-refractivity contribution in [3.05, 3.63) is 0 Å². The summed E-state index contributed by atoms with van der Waals surface area (Å²) in [5, 5.41) is 0. The van der Waals surface area contributed by atoms with Gasteiger partial charge in [0.1, 0.15) is 0 Å². The molecule has 0 aromatic heterocycles. The largest absolute Gasteiger partial charge is 0.327 e. The molecule has 0 saturated carbocycles. The lowest BCUT2D eigenvalue weighted by molar-refractivity contribution is 0.314. The summed E-state index contributed by atoms with van der Waals surface area (Å²) in [7, 11) is -1.95. The Morgan fingerprint density at radius 2 is 1.05 bits per heavy atom. The summed E-state index contributed by atoms with van der Waals surface area (Å²) < 4.78 is 15.8. The summed E-state index contributed by atoms with van der Waals surface area (Å²) in [5.41, 5.74) is 0. The van der Waals surface area contributed by atoms with Crippen LogP contribution in [0.25, 0.3) is 0 Å². The van der Waals surface area contributed by atoms with Crippen LogP contribution in [0.3, 0.4) is 0 Å². The van der Waals surface area contributed by atoms with Gasteiger partial charge in [0.25, 0.3) is 0 Å². The topological polar surface area (TPSA) is 46.5 Å². The fraction of sp³-hybridized carbons (Fsp3) is 1.00. The van der Waals surface area contributed by atoms with Crippen molar-refractivity contribution < 1.29 is 14.0 Å². The van der Waals surface area contributed by atoms with Crippen molar-refractivity contribution >= 4 is 7.60 Å². The summed E-state index contributed by atoms with van der Waals surface area (Å²) in [6.07, 6.45) is 18.4. The molecule has 3 nitrogen and oxygen atoms in total. The van der Waals surface area contributed by atoms with Crippen molar-refractivity contribution in [2.24, 2.45) is 0 Å². The van der Waals surface area contributed by atoms with Gasteiger partial charge in [-0.3, -0.25) is 4.57 Å². The number of hydrogen-bond acceptors (Lipinski definition) is 2. The highest BCUT2D eigenvalue weighted by atomic mass is 31.2. The average molecular weight is 320 g/mol. The van der Waals surface area contributed by atoms with Gasteiger partial charge in [0, 0.05) is 13.3 Å². The van der Waals surface area contributed by atoms with Crippen LogP contribution in [0, 0.1) is 0 Å². The Morgan fingerprint density at radius 3 is 1.38 bits per heavy atom. The molecule has 0 aliphatic heterocycles. The van der Waals surface area contributed by atoms with E-state index in [1.165, 1.54) is 84.2 Å². The summed E-state index contributed by atoms with van der Waals surface area (Å²) in [4.78, 5) is 9.25. The molecule has 1 unspecified atom stereocenters. The van der Waals surface area contributed by atoms with E-state index in [1.54, 1.807) is 0 Å². The van der Waals surface area contributed by atoms with Gasteiger partial charge in [-0.15, -0.1) is 0 Å². The lowest BCUT2D eigenvalue weighted by Crippen LogP contribution is -1.91. The van der Waals surface area contributed by atoms with Crippen LogP contribution < -0.4 is 0 Å². The minimum atomic E-state index is -3.26. The quantitative estimate of drug-likeness (QED) is 0.268. The Morgan fingerprint density at radius 1 is 0.714 bits per heavy atom. The zero-order valence-electron chi connectivity index (χ0n) is 14.3. The van der Waals surface area contributed by atoms with E-state index in [-0.39, 0.29) is 0 Å². The molecule has 0 amide bonds. The first-order chi connectivity index (χ1) is 10.1. The van der Waals surface area contributed by atoms with Crippen molar-refractivity contribution in [3.8, 4) is 0 Å². The maximum absolute atomic E-state index is 11.2. The van der Waals surface area contributed by atoms with E-state index in [4.69, 9.17) is 0 Å². The Labute approximate surface area is 132 Å². The first kappa shape index (κ1) is 21.1. The second kappa shape index (κ2) is 15.1. The summed E-state index contributed by atoms with van der Waals surface area (Å²) in [6.45, 7) is 2.26. The predicted octanol–water partition coefficient (Wildman–Crippen LogP) is 6.30. The van der Waals surface area contributed by atoms with Crippen LogP contribution in [0.2, 0.25) is 0 Å². The molecule has 21 heavy (non-hydrogen) atoms. The van der Waals surface area contributed by atoms with E-state index in [2.05, 4.69) is 11.4 Å². The molecule has 0 aliphatic carbocycles. The van der Waals surface area contributed by atoms with Crippen LogP contribution in [0.4, 0.5) is 0 Å². The van der Waals surface area contributed by atoms with E-state index in [0.29, 0.717) is 6.16 Å². The van der Waals surface area contributed by atoms with Crippen molar-refractivity contribution in [1.82, 2.24) is 0 Å². The normalized spacial score (nSPS) is 14.2. The third-order valence-electron chi connectivity index (χ3n) is 4.08. The maximum atomic E-state index is 11.2. The van der Waals surface area contributed by atoms with Gasteiger partial charge in [-0.1, -0.05) is 90.4 Å². The molecule has 0 radical (unpaired) electrons. The molecule has 4 heteroatoms. The SMILES string of the molecule is CCCCCCCCCCCCCCCCP(=O)(O)OC. The molecule has 0 rings (SSSR count). The highest BCUT2D eigenvalue weighted by Crippen LogP contribution is 2.41. The van der Waals surface area contributed by atoms with Crippen molar-refractivity contribution in [1.29, 1.82) is 0 Å². The fourth-order valence-electron chi connectivity index (χ4n) is 2.60. The van der Waals surface area contributed by atoms with E-state index in [9.17, 15) is 9.46 Å². The second-order valence-corrected chi connectivity index (χ2v) is 8.23. The highest BCUT2D eigenvalue weighted by Gasteiger charge is 2.15. The zero-order chi connectivity index (χ0) is 15.8. The second-order valence-electron chi connectivity index (χ2n) is 6.14. The molecular formula is C17H37O3P. The Bertz CT molecular complexity index is 256. The number of unbranched alkanes of at least 4 members (excludes halogenated alkanes) is 13. The Hall–Kier alpha value is 0.150. The fourth-order valence-corrected chi connectivity index (χ4v) is 3.40. The van der Waals surface area contributed by atoms with Crippen LogP contribution in [0.15, 0.2) is 0 Å². The maximum Gasteiger partial charge on any atom is 0.327 e. The van der Waals surface area contributed by atoms with Gasteiger partial charge in [-0.25, -0.2) is 0 Å². The minimum absolute atomic E-state index is 0.307. The molecule has 0 aromatic carbocycles. The standard InChI is InChI=1S/C17H37O3P/c1-3-4-5-6-7-8-9-10-11-12-13-14-15-16-17-21(18,19)20-2/h3-17H2,1-2H3,(H,18,19). The minimum Gasteiger partial charge on any atom is -0.324 e. The zero-order valence-corrected chi connectivity index (χ0v) is 15.2. The number of rotatable bonds is 16.